The first-order valence-electron chi connectivity index (χ1n) is 14.1. The van der Waals surface area contributed by atoms with Crippen LogP contribution in [0, 0.1) is 18.2 Å². The SMILES string of the molecule is C#Cc1c(F)ccc2cc(O)cc(-c3ccc4c(N5CCC(N)C5)nc(OC[C@@]56CCCN5C[C@H](F)C6)nc4c3)c12. The molecule has 0 radical (unpaired) electrons. The summed E-state index contributed by atoms with van der Waals surface area (Å²) in [4.78, 5) is 14.0. The van der Waals surface area contributed by atoms with Crippen molar-refractivity contribution in [2.24, 2.45) is 5.73 Å². The lowest BCUT2D eigenvalue weighted by molar-refractivity contribution is 0.107. The average Bonchev–Trinajstić information content (AvgIpc) is 3.64. The Kier molecular flexibility index (Phi) is 6.21. The molecule has 41 heavy (non-hydrogen) atoms. The topological polar surface area (TPSA) is 87.7 Å². The molecular weight excluding hydrogens is 524 g/mol. The molecule has 0 bridgehead atoms. The van der Waals surface area contributed by atoms with Crippen LogP contribution in [0.3, 0.4) is 0 Å². The number of rotatable bonds is 5. The van der Waals surface area contributed by atoms with E-state index in [0.29, 0.717) is 53.5 Å². The molecule has 0 aliphatic carbocycles. The highest BCUT2D eigenvalue weighted by molar-refractivity contribution is 6.03. The number of aromatic nitrogens is 2. The molecule has 3 N–H and O–H groups in total. The van der Waals surface area contributed by atoms with E-state index in [1.165, 1.54) is 6.07 Å². The number of phenolic OH excluding ortho intramolecular Hbond substituents is 1. The number of benzene rings is 3. The number of nitrogens with two attached hydrogens (primary N) is 1. The summed E-state index contributed by atoms with van der Waals surface area (Å²) in [6.07, 6.45) is 8.07. The molecule has 3 saturated heterocycles. The van der Waals surface area contributed by atoms with E-state index in [2.05, 4.69) is 15.7 Å². The summed E-state index contributed by atoms with van der Waals surface area (Å²) in [5.41, 5.74) is 7.99. The second-order valence-electron chi connectivity index (χ2n) is 11.6. The molecule has 1 aromatic heterocycles. The summed E-state index contributed by atoms with van der Waals surface area (Å²) in [6, 6.07) is 12.1. The quantitative estimate of drug-likeness (QED) is 0.343. The zero-order valence-corrected chi connectivity index (χ0v) is 22.6. The van der Waals surface area contributed by atoms with Crippen LogP contribution >= 0.6 is 0 Å². The Balaban J connectivity index is 1.34. The number of alkyl halides is 1. The molecule has 3 aliphatic heterocycles. The average molecular weight is 556 g/mol. The Morgan fingerprint density at radius 1 is 1.15 bits per heavy atom. The predicted octanol–water partition coefficient (Wildman–Crippen LogP) is 4.77. The Morgan fingerprint density at radius 3 is 2.83 bits per heavy atom. The smallest absolute Gasteiger partial charge is 0.319 e. The van der Waals surface area contributed by atoms with Gasteiger partial charge >= 0.3 is 6.01 Å². The lowest BCUT2D eigenvalue weighted by Crippen LogP contribution is -2.43. The fraction of sp³-hybridized carbons (Fsp3) is 0.375. The minimum absolute atomic E-state index is 0.0451. The number of nitrogens with zero attached hydrogens (tertiary/aromatic N) is 4. The maximum atomic E-state index is 14.7. The van der Waals surface area contributed by atoms with Crippen molar-refractivity contribution in [1.29, 1.82) is 0 Å². The van der Waals surface area contributed by atoms with Gasteiger partial charge in [0.15, 0.2) is 0 Å². The minimum atomic E-state index is -0.851. The van der Waals surface area contributed by atoms with E-state index in [-0.39, 0.29) is 28.9 Å². The molecule has 1 unspecified atom stereocenters. The molecule has 4 aromatic rings. The van der Waals surface area contributed by atoms with Crippen LogP contribution in [0.5, 0.6) is 11.8 Å². The predicted molar refractivity (Wildman–Crippen MR) is 155 cm³/mol. The Hall–Kier alpha value is -4.00. The Bertz CT molecular complexity index is 1720. The highest BCUT2D eigenvalue weighted by atomic mass is 19.1. The van der Waals surface area contributed by atoms with Crippen molar-refractivity contribution in [3.8, 4) is 35.2 Å². The molecule has 4 heterocycles. The van der Waals surface area contributed by atoms with Crippen LogP contribution in [0.4, 0.5) is 14.6 Å². The van der Waals surface area contributed by atoms with Crippen LogP contribution in [0.25, 0.3) is 32.8 Å². The normalized spacial score (nSPS) is 24.3. The number of anilines is 1. The number of terminal acetylenes is 1. The van der Waals surface area contributed by atoms with E-state index in [0.717, 1.165) is 43.6 Å². The maximum Gasteiger partial charge on any atom is 0.319 e. The van der Waals surface area contributed by atoms with E-state index in [1.54, 1.807) is 18.2 Å². The van der Waals surface area contributed by atoms with E-state index in [1.807, 2.05) is 18.2 Å². The monoisotopic (exact) mass is 555 g/mol. The van der Waals surface area contributed by atoms with Gasteiger partial charge in [0.25, 0.3) is 0 Å². The largest absolute Gasteiger partial charge is 0.508 e. The molecule has 3 atom stereocenters. The van der Waals surface area contributed by atoms with Crippen molar-refractivity contribution in [2.45, 2.75) is 43.4 Å². The number of hydrogen-bond donors (Lipinski definition) is 2. The summed E-state index contributed by atoms with van der Waals surface area (Å²) in [5.74, 6) is 2.76. The Labute approximate surface area is 236 Å². The third-order valence-corrected chi connectivity index (χ3v) is 8.92. The van der Waals surface area contributed by atoms with Crippen molar-refractivity contribution in [1.82, 2.24) is 14.9 Å². The summed E-state index contributed by atoms with van der Waals surface area (Å²) in [5, 5.41) is 12.5. The lowest BCUT2D eigenvalue weighted by atomic mass is 9.93. The van der Waals surface area contributed by atoms with Crippen molar-refractivity contribution >= 4 is 27.5 Å². The molecule has 3 aliphatic rings. The van der Waals surface area contributed by atoms with Crippen LogP contribution in [0.15, 0.2) is 42.5 Å². The van der Waals surface area contributed by atoms with Gasteiger partial charge in [0.2, 0.25) is 0 Å². The third kappa shape index (κ3) is 4.42. The summed E-state index contributed by atoms with van der Waals surface area (Å²) >= 11 is 0. The molecule has 7 rings (SSSR count). The number of halogens is 2. The maximum absolute atomic E-state index is 14.7. The first kappa shape index (κ1) is 25.9. The summed E-state index contributed by atoms with van der Waals surface area (Å²) in [6.45, 7) is 3.06. The molecule has 0 amide bonds. The number of hydrogen-bond acceptors (Lipinski definition) is 7. The number of ether oxygens (including phenoxy) is 1. The third-order valence-electron chi connectivity index (χ3n) is 8.92. The standard InChI is InChI=1S/C32H31F2N5O2/c1-2-24-27(34)7-5-20-12-23(40)14-26(29(20)24)19-4-6-25-28(13-19)36-31(37-30(25)38-11-8-22(35)17-38)41-18-32-9-3-10-39(32)16-21(33)15-32/h1,4-7,12-14,21-22,40H,3,8-11,15-18,35H2/t21-,22?,32+/m1/s1. The molecule has 9 heteroatoms. The first-order chi connectivity index (χ1) is 19.8. The van der Waals surface area contributed by atoms with Crippen LogP contribution in [-0.4, -0.2) is 70.5 Å². The fourth-order valence-corrected chi connectivity index (χ4v) is 6.99. The van der Waals surface area contributed by atoms with Crippen molar-refractivity contribution in [2.75, 3.05) is 37.7 Å². The van der Waals surface area contributed by atoms with Crippen LogP contribution in [0.2, 0.25) is 0 Å². The molecular formula is C32H31F2N5O2. The van der Waals surface area contributed by atoms with Gasteiger partial charge in [-0.3, -0.25) is 4.90 Å². The highest BCUT2D eigenvalue weighted by Crippen LogP contribution is 2.41. The molecule has 7 nitrogen and oxygen atoms in total. The van der Waals surface area contributed by atoms with Crippen LogP contribution in [0.1, 0.15) is 31.2 Å². The fourth-order valence-electron chi connectivity index (χ4n) is 6.99. The number of aromatic hydroxyl groups is 1. The van der Waals surface area contributed by atoms with Crippen LogP contribution < -0.4 is 15.4 Å². The summed E-state index contributed by atoms with van der Waals surface area (Å²) in [7, 11) is 0. The van der Waals surface area contributed by atoms with Gasteiger partial charge in [0, 0.05) is 42.9 Å². The molecule has 0 spiro atoms. The van der Waals surface area contributed by atoms with Gasteiger partial charge in [-0.25, -0.2) is 8.78 Å². The second kappa shape index (κ2) is 9.82. The van der Waals surface area contributed by atoms with E-state index in [9.17, 15) is 13.9 Å². The molecule has 3 fully saturated rings. The van der Waals surface area contributed by atoms with Gasteiger partial charge in [-0.2, -0.15) is 9.97 Å². The molecule has 210 valence electrons. The zero-order valence-electron chi connectivity index (χ0n) is 22.6. The number of phenols is 1. The zero-order chi connectivity index (χ0) is 28.3. The molecule has 0 saturated carbocycles. The van der Waals surface area contributed by atoms with Gasteiger partial charge in [-0.1, -0.05) is 18.1 Å². The minimum Gasteiger partial charge on any atom is -0.508 e. The van der Waals surface area contributed by atoms with Crippen molar-refractivity contribution < 1.29 is 18.6 Å². The number of fused-ring (bicyclic) bond motifs is 3. The van der Waals surface area contributed by atoms with E-state index >= 15 is 0 Å². The Morgan fingerprint density at radius 2 is 2.02 bits per heavy atom. The van der Waals surface area contributed by atoms with E-state index in [4.69, 9.17) is 26.9 Å². The highest BCUT2D eigenvalue weighted by Gasteiger charge is 2.49. The second-order valence-corrected chi connectivity index (χ2v) is 11.6. The van der Waals surface area contributed by atoms with Crippen molar-refractivity contribution in [3.05, 3.63) is 53.8 Å². The molecule has 3 aromatic carbocycles. The van der Waals surface area contributed by atoms with Crippen molar-refractivity contribution in [3.63, 3.8) is 0 Å². The van der Waals surface area contributed by atoms with Gasteiger partial charge in [0.1, 0.15) is 30.2 Å². The lowest BCUT2D eigenvalue weighted by Gasteiger charge is -2.31. The van der Waals surface area contributed by atoms with Gasteiger partial charge in [0.05, 0.1) is 16.6 Å². The van der Waals surface area contributed by atoms with Gasteiger partial charge in [-0.15, -0.1) is 6.42 Å². The van der Waals surface area contributed by atoms with Crippen LogP contribution in [-0.2, 0) is 0 Å². The van der Waals surface area contributed by atoms with E-state index < -0.39 is 12.0 Å². The first-order valence-corrected chi connectivity index (χ1v) is 14.1. The van der Waals surface area contributed by atoms with Gasteiger partial charge < -0.3 is 20.5 Å². The summed E-state index contributed by atoms with van der Waals surface area (Å²) < 4.78 is 35.3. The van der Waals surface area contributed by atoms with Gasteiger partial charge in [-0.05, 0) is 72.7 Å².